The Morgan fingerprint density at radius 1 is 1.33 bits per heavy atom. The summed E-state index contributed by atoms with van der Waals surface area (Å²) in [4.78, 5) is 6.20. The van der Waals surface area contributed by atoms with Crippen LogP contribution < -0.4 is 4.74 Å². The van der Waals surface area contributed by atoms with Crippen LogP contribution in [0.1, 0.15) is 18.6 Å². The summed E-state index contributed by atoms with van der Waals surface area (Å²) < 4.78 is 23.3. The topological polar surface area (TPSA) is 71.6 Å². The van der Waals surface area contributed by atoms with Gasteiger partial charge in [-0.3, -0.25) is 4.90 Å². The zero-order valence-corrected chi connectivity index (χ0v) is 11.8. The molecule has 1 heterocycles. The molecule has 7 heteroatoms. The van der Waals surface area contributed by atoms with E-state index in [1.54, 1.807) is 0 Å². The highest BCUT2D eigenvalue weighted by molar-refractivity contribution is 5.22. The van der Waals surface area contributed by atoms with Gasteiger partial charge in [-0.05, 0) is 30.8 Å². The Morgan fingerprint density at radius 3 is 2.76 bits per heavy atom. The number of hydrogen-bond donors (Lipinski definition) is 1. The summed E-state index contributed by atoms with van der Waals surface area (Å²) in [5, 5.41) is 12.7. The zero-order valence-electron chi connectivity index (χ0n) is 11.8. The summed E-state index contributed by atoms with van der Waals surface area (Å²) in [6, 6.07) is 5.72. The van der Waals surface area contributed by atoms with E-state index in [1.165, 1.54) is 24.3 Å². The second kappa shape index (κ2) is 7.70. The number of aromatic nitrogens is 2. The number of aliphatic hydroxyl groups is 1. The van der Waals surface area contributed by atoms with Crippen LogP contribution in [-0.2, 0) is 13.2 Å². The molecule has 0 bridgehead atoms. The fraction of sp³-hybridized carbons (Fsp3) is 0.429. The maximum Gasteiger partial charge on any atom is 0.240 e. The summed E-state index contributed by atoms with van der Waals surface area (Å²) in [7, 11) is 0. The van der Waals surface area contributed by atoms with Crippen molar-refractivity contribution in [1.29, 1.82) is 0 Å². The van der Waals surface area contributed by atoms with Gasteiger partial charge in [0.05, 0.1) is 13.2 Å². The molecule has 0 saturated heterocycles. The molecule has 0 spiro atoms. The normalized spacial score (nSPS) is 11.0. The molecule has 0 amide bonds. The first kappa shape index (κ1) is 15.4. The Balaban J connectivity index is 1.86. The van der Waals surface area contributed by atoms with Crippen molar-refractivity contribution in [3.05, 3.63) is 41.8 Å². The molecule has 2 rings (SSSR count). The summed E-state index contributed by atoms with van der Waals surface area (Å²) in [5.41, 5.74) is 0. The highest BCUT2D eigenvalue weighted by Crippen LogP contribution is 2.12. The van der Waals surface area contributed by atoms with Crippen LogP contribution in [0.25, 0.3) is 0 Å². The Kier molecular flexibility index (Phi) is 5.65. The van der Waals surface area contributed by atoms with Gasteiger partial charge in [-0.1, -0.05) is 12.1 Å². The summed E-state index contributed by atoms with van der Waals surface area (Å²) in [6.07, 6.45) is 0. The Morgan fingerprint density at radius 2 is 2.10 bits per heavy atom. The van der Waals surface area contributed by atoms with Gasteiger partial charge in [-0.15, -0.1) is 0 Å². The molecule has 1 aromatic heterocycles. The molecule has 0 radical (unpaired) electrons. The number of ether oxygens (including phenoxy) is 1. The van der Waals surface area contributed by atoms with Gasteiger partial charge in [0.1, 0.15) is 11.6 Å². The molecular formula is C14H18FN3O3. The molecule has 114 valence electrons. The molecule has 0 aliphatic rings. The summed E-state index contributed by atoms with van der Waals surface area (Å²) >= 11 is 0. The minimum Gasteiger partial charge on any atom is -0.485 e. The van der Waals surface area contributed by atoms with E-state index in [-0.39, 0.29) is 19.0 Å². The fourth-order valence-electron chi connectivity index (χ4n) is 1.77. The quantitative estimate of drug-likeness (QED) is 0.797. The number of aliphatic hydroxyl groups excluding tert-OH is 1. The van der Waals surface area contributed by atoms with Crippen LogP contribution in [0.2, 0.25) is 0 Å². The predicted molar refractivity (Wildman–Crippen MR) is 73.1 cm³/mol. The second-order valence-corrected chi connectivity index (χ2v) is 4.44. The Labute approximate surface area is 122 Å². The standard InChI is InChI=1S/C14H18FN3O3/c1-2-18(7-8-19)9-14-16-13(17-21-14)10-20-12-5-3-11(15)4-6-12/h3-6,19H,2,7-10H2,1H3. The maximum absolute atomic E-state index is 12.8. The molecule has 0 atom stereocenters. The van der Waals surface area contributed by atoms with Gasteiger partial charge in [0.15, 0.2) is 6.61 Å². The zero-order chi connectivity index (χ0) is 15.1. The molecule has 0 saturated carbocycles. The van der Waals surface area contributed by atoms with Crippen molar-refractivity contribution >= 4 is 0 Å². The predicted octanol–water partition coefficient (Wildman–Crippen LogP) is 1.60. The molecular weight excluding hydrogens is 277 g/mol. The molecule has 0 aliphatic heterocycles. The van der Waals surface area contributed by atoms with E-state index in [1.807, 2.05) is 11.8 Å². The smallest absolute Gasteiger partial charge is 0.240 e. The number of hydrogen-bond acceptors (Lipinski definition) is 6. The van der Waals surface area contributed by atoms with Crippen molar-refractivity contribution in [3.8, 4) is 5.75 Å². The molecule has 0 aliphatic carbocycles. The van der Waals surface area contributed by atoms with Gasteiger partial charge in [-0.2, -0.15) is 4.98 Å². The number of rotatable bonds is 8. The molecule has 6 nitrogen and oxygen atoms in total. The molecule has 1 N–H and O–H groups in total. The molecule has 21 heavy (non-hydrogen) atoms. The molecule has 0 fully saturated rings. The lowest BCUT2D eigenvalue weighted by atomic mass is 10.3. The number of likely N-dealkylation sites (N-methyl/N-ethyl adjacent to an activating group) is 1. The number of benzene rings is 1. The lowest BCUT2D eigenvalue weighted by molar-refractivity contribution is 0.180. The summed E-state index contributed by atoms with van der Waals surface area (Å²) in [6.45, 7) is 4.06. The van der Waals surface area contributed by atoms with Gasteiger partial charge < -0.3 is 14.4 Å². The fourth-order valence-corrected chi connectivity index (χ4v) is 1.77. The Hall–Kier alpha value is -1.99. The minimum atomic E-state index is -0.312. The van der Waals surface area contributed by atoms with E-state index in [9.17, 15) is 4.39 Å². The van der Waals surface area contributed by atoms with Crippen LogP contribution in [-0.4, -0.2) is 39.8 Å². The van der Waals surface area contributed by atoms with Gasteiger partial charge >= 0.3 is 0 Å². The first-order valence-corrected chi connectivity index (χ1v) is 6.74. The largest absolute Gasteiger partial charge is 0.485 e. The second-order valence-electron chi connectivity index (χ2n) is 4.44. The minimum absolute atomic E-state index is 0.0858. The van der Waals surface area contributed by atoms with E-state index in [4.69, 9.17) is 14.4 Å². The summed E-state index contributed by atoms with van der Waals surface area (Å²) in [5.74, 6) is 1.13. The van der Waals surface area contributed by atoms with Crippen molar-refractivity contribution < 1.29 is 18.8 Å². The lowest BCUT2D eigenvalue weighted by Crippen LogP contribution is -2.26. The van der Waals surface area contributed by atoms with Crippen molar-refractivity contribution in [2.45, 2.75) is 20.1 Å². The average molecular weight is 295 g/mol. The first-order chi connectivity index (χ1) is 10.2. The third-order valence-corrected chi connectivity index (χ3v) is 2.91. The van der Waals surface area contributed by atoms with Crippen molar-refractivity contribution in [2.24, 2.45) is 0 Å². The van der Waals surface area contributed by atoms with E-state index < -0.39 is 0 Å². The Bertz CT molecular complexity index is 545. The van der Waals surface area contributed by atoms with Crippen molar-refractivity contribution in [3.63, 3.8) is 0 Å². The third kappa shape index (κ3) is 4.80. The average Bonchev–Trinajstić information content (AvgIpc) is 2.94. The van der Waals surface area contributed by atoms with Gasteiger partial charge in [-0.25, -0.2) is 4.39 Å². The van der Waals surface area contributed by atoms with Crippen LogP contribution in [0, 0.1) is 5.82 Å². The molecule has 2 aromatic rings. The molecule has 1 aromatic carbocycles. The first-order valence-electron chi connectivity index (χ1n) is 6.74. The monoisotopic (exact) mass is 295 g/mol. The van der Waals surface area contributed by atoms with Gasteiger partial charge in [0, 0.05) is 6.54 Å². The lowest BCUT2D eigenvalue weighted by Gasteiger charge is -2.15. The van der Waals surface area contributed by atoms with Crippen LogP contribution >= 0.6 is 0 Å². The highest BCUT2D eigenvalue weighted by Gasteiger charge is 2.11. The number of nitrogens with zero attached hydrogens (tertiary/aromatic N) is 3. The van der Waals surface area contributed by atoms with Crippen LogP contribution in [0.5, 0.6) is 5.75 Å². The van der Waals surface area contributed by atoms with E-state index in [2.05, 4.69) is 10.1 Å². The van der Waals surface area contributed by atoms with Crippen molar-refractivity contribution in [2.75, 3.05) is 19.7 Å². The van der Waals surface area contributed by atoms with Crippen LogP contribution in [0.3, 0.4) is 0 Å². The van der Waals surface area contributed by atoms with Gasteiger partial charge in [0.25, 0.3) is 0 Å². The van der Waals surface area contributed by atoms with Crippen molar-refractivity contribution in [1.82, 2.24) is 15.0 Å². The van der Waals surface area contributed by atoms with Gasteiger partial charge in [0.2, 0.25) is 11.7 Å². The molecule has 0 unspecified atom stereocenters. The van der Waals surface area contributed by atoms with E-state index in [0.717, 1.165) is 6.54 Å². The highest BCUT2D eigenvalue weighted by atomic mass is 19.1. The van der Waals surface area contributed by atoms with E-state index >= 15 is 0 Å². The third-order valence-electron chi connectivity index (χ3n) is 2.91. The maximum atomic E-state index is 12.8. The van der Waals surface area contributed by atoms with Crippen LogP contribution in [0.4, 0.5) is 4.39 Å². The number of halogens is 1. The van der Waals surface area contributed by atoms with E-state index in [0.29, 0.717) is 30.6 Å². The van der Waals surface area contributed by atoms with Crippen LogP contribution in [0.15, 0.2) is 28.8 Å². The SMILES string of the molecule is CCN(CCO)Cc1nc(COc2ccc(F)cc2)no1.